The first-order chi connectivity index (χ1) is 9.97. The van der Waals surface area contributed by atoms with Gasteiger partial charge in [-0.25, -0.2) is 0 Å². The van der Waals surface area contributed by atoms with Crippen molar-refractivity contribution in [3.8, 4) is 5.75 Å². The van der Waals surface area contributed by atoms with Crippen molar-refractivity contribution in [3.63, 3.8) is 0 Å². The molecule has 4 heteroatoms. The average molecular weight is 291 g/mol. The van der Waals surface area contributed by atoms with Gasteiger partial charge >= 0.3 is 0 Å². The topological polar surface area (TPSA) is 41.7 Å². The van der Waals surface area contributed by atoms with Crippen LogP contribution in [0.2, 0.25) is 0 Å². The van der Waals surface area contributed by atoms with Crippen molar-refractivity contribution in [1.29, 1.82) is 0 Å². The van der Waals surface area contributed by atoms with Crippen molar-refractivity contribution in [3.05, 3.63) is 18.2 Å². The van der Waals surface area contributed by atoms with Crippen molar-refractivity contribution in [2.75, 3.05) is 44.4 Å². The molecule has 21 heavy (non-hydrogen) atoms. The monoisotopic (exact) mass is 291 g/mol. The zero-order valence-electron chi connectivity index (χ0n) is 13.8. The SMILES string of the molecule is CC(C)COc1cc(N2CCC(N(C)C)CC2)ccc1N. The molecular weight excluding hydrogens is 262 g/mol. The summed E-state index contributed by atoms with van der Waals surface area (Å²) < 4.78 is 5.83. The van der Waals surface area contributed by atoms with E-state index in [1.807, 2.05) is 6.07 Å². The smallest absolute Gasteiger partial charge is 0.144 e. The van der Waals surface area contributed by atoms with Gasteiger partial charge in [-0.1, -0.05) is 13.8 Å². The van der Waals surface area contributed by atoms with Gasteiger partial charge in [0.2, 0.25) is 0 Å². The van der Waals surface area contributed by atoms with Crippen LogP contribution in [0.3, 0.4) is 0 Å². The second-order valence-electron chi connectivity index (χ2n) is 6.61. The van der Waals surface area contributed by atoms with Gasteiger partial charge in [0.15, 0.2) is 0 Å². The lowest BCUT2D eigenvalue weighted by atomic mass is 10.0. The maximum atomic E-state index is 6.02. The van der Waals surface area contributed by atoms with E-state index in [0.29, 0.717) is 18.6 Å². The standard InChI is InChI=1S/C17H29N3O/c1-13(2)12-21-17-11-15(5-6-16(17)18)20-9-7-14(8-10-20)19(3)4/h5-6,11,13-14H,7-10,12,18H2,1-4H3. The van der Waals surface area contributed by atoms with Gasteiger partial charge in [-0.2, -0.15) is 0 Å². The number of ether oxygens (including phenoxy) is 1. The molecule has 0 bridgehead atoms. The minimum Gasteiger partial charge on any atom is -0.491 e. The van der Waals surface area contributed by atoms with Crippen LogP contribution in [-0.4, -0.2) is 44.7 Å². The van der Waals surface area contributed by atoms with Crippen LogP contribution in [0.5, 0.6) is 5.75 Å². The lowest BCUT2D eigenvalue weighted by Gasteiger charge is -2.36. The predicted octanol–water partition coefficient (Wildman–Crippen LogP) is 2.83. The summed E-state index contributed by atoms with van der Waals surface area (Å²) in [6, 6.07) is 6.86. The van der Waals surface area contributed by atoms with Gasteiger partial charge in [0, 0.05) is 30.9 Å². The van der Waals surface area contributed by atoms with Crippen molar-refractivity contribution >= 4 is 11.4 Å². The molecule has 1 aliphatic rings. The minimum absolute atomic E-state index is 0.504. The molecule has 1 heterocycles. The fourth-order valence-corrected chi connectivity index (χ4v) is 2.74. The highest BCUT2D eigenvalue weighted by atomic mass is 16.5. The van der Waals surface area contributed by atoms with Crippen LogP contribution in [0.25, 0.3) is 0 Å². The fourth-order valence-electron chi connectivity index (χ4n) is 2.74. The Morgan fingerprint density at radius 3 is 2.52 bits per heavy atom. The third-order valence-corrected chi connectivity index (χ3v) is 4.13. The van der Waals surface area contributed by atoms with E-state index < -0.39 is 0 Å². The Balaban J connectivity index is 2.02. The van der Waals surface area contributed by atoms with E-state index in [1.54, 1.807) is 0 Å². The molecule has 0 unspecified atom stereocenters. The van der Waals surface area contributed by atoms with Gasteiger partial charge in [-0.3, -0.25) is 0 Å². The summed E-state index contributed by atoms with van der Waals surface area (Å²) in [7, 11) is 4.34. The molecule has 0 radical (unpaired) electrons. The highest BCUT2D eigenvalue weighted by molar-refractivity contribution is 5.62. The number of rotatable bonds is 5. The zero-order valence-corrected chi connectivity index (χ0v) is 13.8. The van der Waals surface area contributed by atoms with Gasteiger partial charge in [-0.05, 0) is 45.0 Å². The molecule has 0 aliphatic carbocycles. The molecule has 2 rings (SSSR count). The van der Waals surface area contributed by atoms with Gasteiger partial charge < -0.3 is 20.3 Å². The molecule has 1 saturated heterocycles. The van der Waals surface area contributed by atoms with Crippen molar-refractivity contribution < 1.29 is 4.74 Å². The molecule has 1 aromatic rings. The fraction of sp³-hybridized carbons (Fsp3) is 0.647. The van der Waals surface area contributed by atoms with Crippen LogP contribution in [0, 0.1) is 5.92 Å². The highest BCUT2D eigenvalue weighted by Crippen LogP contribution is 2.30. The number of hydrogen-bond donors (Lipinski definition) is 1. The number of nitrogen functional groups attached to an aromatic ring is 1. The maximum absolute atomic E-state index is 6.02. The van der Waals surface area contributed by atoms with E-state index in [4.69, 9.17) is 10.5 Å². The van der Waals surface area contributed by atoms with Gasteiger partial charge in [0.05, 0.1) is 12.3 Å². The zero-order chi connectivity index (χ0) is 15.4. The number of piperidine rings is 1. The van der Waals surface area contributed by atoms with Crippen LogP contribution >= 0.6 is 0 Å². The quantitative estimate of drug-likeness (QED) is 0.847. The molecule has 0 saturated carbocycles. The van der Waals surface area contributed by atoms with E-state index in [1.165, 1.54) is 18.5 Å². The normalized spacial score (nSPS) is 16.8. The molecule has 2 N–H and O–H groups in total. The summed E-state index contributed by atoms with van der Waals surface area (Å²) in [5, 5.41) is 0. The maximum Gasteiger partial charge on any atom is 0.144 e. The van der Waals surface area contributed by atoms with Crippen molar-refractivity contribution in [2.24, 2.45) is 5.92 Å². The van der Waals surface area contributed by atoms with Crippen LogP contribution in [0.4, 0.5) is 11.4 Å². The van der Waals surface area contributed by atoms with Crippen LogP contribution in [-0.2, 0) is 0 Å². The third-order valence-electron chi connectivity index (χ3n) is 4.13. The molecule has 0 spiro atoms. The Hall–Kier alpha value is -1.42. The van der Waals surface area contributed by atoms with E-state index in [2.05, 4.69) is 49.9 Å². The number of anilines is 2. The van der Waals surface area contributed by atoms with Crippen LogP contribution in [0.15, 0.2) is 18.2 Å². The molecule has 0 aromatic heterocycles. The van der Waals surface area contributed by atoms with Gasteiger partial charge in [0.25, 0.3) is 0 Å². The number of hydrogen-bond acceptors (Lipinski definition) is 4. The summed E-state index contributed by atoms with van der Waals surface area (Å²) in [6.07, 6.45) is 2.42. The Kier molecular flexibility index (Phi) is 5.34. The first-order valence-corrected chi connectivity index (χ1v) is 7.91. The molecule has 1 fully saturated rings. The first-order valence-electron chi connectivity index (χ1n) is 7.91. The van der Waals surface area contributed by atoms with E-state index in [0.717, 1.165) is 24.5 Å². The Morgan fingerprint density at radius 2 is 1.95 bits per heavy atom. The molecular formula is C17H29N3O. The van der Waals surface area contributed by atoms with Gasteiger partial charge in [-0.15, -0.1) is 0 Å². The summed E-state index contributed by atoms with van der Waals surface area (Å²) >= 11 is 0. The minimum atomic E-state index is 0.504. The molecule has 1 aromatic carbocycles. The second kappa shape index (κ2) is 7.03. The number of nitrogens with zero attached hydrogens (tertiary/aromatic N) is 2. The molecule has 0 atom stereocenters. The van der Waals surface area contributed by atoms with Crippen molar-refractivity contribution in [2.45, 2.75) is 32.7 Å². The predicted molar refractivity (Wildman–Crippen MR) is 90.1 cm³/mol. The molecule has 4 nitrogen and oxygen atoms in total. The lowest BCUT2D eigenvalue weighted by molar-refractivity contribution is 0.249. The molecule has 0 amide bonds. The van der Waals surface area contributed by atoms with E-state index in [-0.39, 0.29) is 0 Å². The first kappa shape index (κ1) is 16.0. The summed E-state index contributed by atoms with van der Waals surface area (Å²) in [4.78, 5) is 4.76. The summed E-state index contributed by atoms with van der Waals surface area (Å²) in [6.45, 7) is 7.18. The largest absolute Gasteiger partial charge is 0.491 e. The lowest BCUT2D eigenvalue weighted by Crippen LogP contribution is -2.41. The van der Waals surface area contributed by atoms with E-state index in [9.17, 15) is 0 Å². The Bertz CT molecular complexity index is 451. The van der Waals surface area contributed by atoms with E-state index >= 15 is 0 Å². The molecule has 1 aliphatic heterocycles. The summed E-state index contributed by atoms with van der Waals surface area (Å²) in [5.74, 6) is 1.32. The summed E-state index contributed by atoms with van der Waals surface area (Å²) in [5.41, 5.74) is 7.96. The Morgan fingerprint density at radius 1 is 1.29 bits per heavy atom. The molecule has 118 valence electrons. The van der Waals surface area contributed by atoms with Crippen LogP contribution < -0.4 is 15.4 Å². The second-order valence-corrected chi connectivity index (χ2v) is 6.61. The highest BCUT2D eigenvalue weighted by Gasteiger charge is 2.21. The Labute approximate surface area is 128 Å². The van der Waals surface area contributed by atoms with Crippen molar-refractivity contribution in [1.82, 2.24) is 4.90 Å². The third kappa shape index (κ3) is 4.27. The number of nitrogens with two attached hydrogens (primary N) is 1. The number of benzene rings is 1. The van der Waals surface area contributed by atoms with Gasteiger partial charge in [0.1, 0.15) is 5.75 Å². The van der Waals surface area contributed by atoms with Crippen LogP contribution in [0.1, 0.15) is 26.7 Å². The average Bonchev–Trinajstić information content (AvgIpc) is 2.46.